The summed E-state index contributed by atoms with van der Waals surface area (Å²) in [6.07, 6.45) is -0.144. The fourth-order valence-electron chi connectivity index (χ4n) is 3.48. The third kappa shape index (κ3) is 4.25. The first kappa shape index (κ1) is 20.1. The molecular weight excluding hydrogens is 398 g/mol. The summed E-state index contributed by atoms with van der Waals surface area (Å²) in [5, 5.41) is 8.35. The number of ether oxygens (including phenoxy) is 1. The van der Waals surface area contributed by atoms with E-state index < -0.39 is 23.3 Å². The number of amides is 2. The Balaban J connectivity index is 1.65. The van der Waals surface area contributed by atoms with Gasteiger partial charge in [-0.05, 0) is 36.8 Å². The summed E-state index contributed by atoms with van der Waals surface area (Å²) < 4.78 is 5.29. The second-order valence-corrected chi connectivity index (χ2v) is 7.17. The molecule has 9 nitrogen and oxygen atoms in total. The quantitative estimate of drug-likeness (QED) is 0.504. The van der Waals surface area contributed by atoms with Crippen LogP contribution in [0.5, 0.6) is 5.75 Å². The van der Waals surface area contributed by atoms with E-state index in [2.05, 4.69) is 25.9 Å². The molecule has 2 heterocycles. The monoisotopic (exact) mass is 419 g/mol. The van der Waals surface area contributed by atoms with Gasteiger partial charge in [0, 0.05) is 12.1 Å². The van der Waals surface area contributed by atoms with E-state index in [-0.39, 0.29) is 23.8 Å². The molecule has 4 N–H and O–H groups in total. The zero-order valence-electron chi connectivity index (χ0n) is 17.0. The maximum atomic E-state index is 12.9. The number of hydrogen-bond acceptors (Lipinski definition) is 6. The minimum atomic E-state index is -0.958. The molecule has 158 valence electrons. The topological polar surface area (TPSA) is 125 Å². The van der Waals surface area contributed by atoms with E-state index in [0.29, 0.717) is 17.1 Å². The first-order valence-corrected chi connectivity index (χ1v) is 9.66. The van der Waals surface area contributed by atoms with Crippen molar-refractivity contribution in [2.45, 2.75) is 19.3 Å². The van der Waals surface area contributed by atoms with Crippen molar-refractivity contribution in [3.05, 3.63) is 70.0 Å². The number of methoxy groups -OCH3 is 1. The van der Waals surface area contributed by atoms with Crippen LogP contribution < -0.4 is 26.2 Å². The van der Waals surface area contributed by atoms with Gasteiger partial charge in [0.25, 0.3) is 5.56 Å². The van der Waals surface area contributed by atoms with Crippen molar-refractivity contribution in [1.29, 1.82) is 0 Å². The highest BCUT2D eigenvalue weighted by Gasteiger charge is 2.34. The number of fused-ring (bicyclic) bond motifs is 1. The standard InChI is InChI=1S/C22H21N5O4/c1-12-6-5-7-13(10-12)23-20(29)14-11-17(28)25-19-18(14)21(30)27-22(26-19)24-15-8-3-4-9-16(15)31-2/h3-10,14H,11H2,1-2H3,(H,23,29)(H3,24,25,26,27,28,30)/t14-/m1/s1. The zero-order chi connectivity index (χ0) is 22.0. The molecule has 0 bridgehead atoms. The van der Waals surface area contributed by atoms with Crippen LogP contribution in [0.2, 0.25) is 0 Å². The molecule has 31 heavy (non-hydrogen) atoms. The van der Waals surface area contributed by atoms with Crippen LogP contribution in [0.15, 0.2) is 53.3 Å². The molecule has 1 aliphatic heterocycles. The van der Waals surface area contributed by atoms with Gasteiger partial charge in [0.1, 0.15) is 11.6 Å². The van der Waals surface area contributed by atoms with E-state index in [1.54, 1.807) is 24.3 Å². The maximum Gasteiger partial charge on any atom is 0.258 e. The Hall–Kier alpha value is -4.14. The average Bonchev–Trinajstić information content (AvgIpc) is 2.73. The van der Waals surface area contributed by atoms with Gasteiger partial charge in [-0.3, -0.25) is 19.4 Å². The van der Waals surface area contributed by atoms with Crippen LogP contribution in [0.1, 0.15) is 23.5 Å². The lowest BCUT2D eigenvalue weighted by molar-refractivity contribution is -0.123. The number of carbonyl (C=O) groups excluding carboxylic acids is 2. The van der Waals surface area contributed by atoms with Crippen molar-refractivity contribution in [2.24, 2.45) is 0 Å². The highest BCUT2D eigenvalue weighted by atomic mass is 16.5. The Morgan fingerprint density at radius 2 is 1.97 bits per heavy atom. The predicted octanol–water partition coefficient (Wildman–Crippen LogP) is 2.90. The average molecular weight is 419 g/mol. The van der Waals surface area contributed by atoms with Crippen molar-refractivity contribution >= 4 is 35.0 Å². The van der Waals surface area contributed by atoms with Gasteiger partial charge in [-0.2, -0.15) is 4.98 Å². The number of aromatic amines is 1. The molecule has 0 unspecified atom stereocenters. The van der Waals surface area contributed by atoms with Gasteiger partial charge in [-0.25, -0.2) is 0 Å². The highest BCUT2D eigenvalue weighted by molar-refractivity contribution is 6.04. The van der Waals surface area contributed by atoms with E-state index in [1.807, 2.05) is 31.2 Å². The van der Waals surface area contributed by atoms with E-state index in [9.17, 15) is 14.4 Å². The molecule has 1 aromatic heterocycles. The summed E-state index contributed by atoms with van der Waals surface area (Å²) in [5.74, 6) is -1.06. The Labute approximate surface area is 177 Å². The number of anilines is 4. The summed E-state index contributed by atoms with van der Waals surface area (Å²) in [6, 6.07) is 14.4. The van der Waals surface area contributed by atoms with Crippen molar-refractivity contribution in [1.82, 2.24) is 9.97 Å². The van der Waals surface area contributed by atoms with Crippen molar-refractivity contribution in [3.63, 3.8) is 0 Å². The first-order chi connectivity index (χ1) is 14.9. The molecule has 0 radical (unpaired) electrons. The second kappa shape index (κ2) is 8.31. The zero-order valence-corrected chi connectivity index (χ0v) is 17.0. The fourth-order valence-corrected chi connectivity index (χ4v) is 3.48. The van der Waals surface area contributed by atoms with Gasteiger partial charge in [0.2, 0.25) is 17.8 Å². The molecular formula is C22H21N5O4. The van der Waals surface area contributed by atoms with Gasteiger partial charge < -0.3 is 20.7 Å². The Bertz CT molecular complexity index is 1220. The number of nitrogens with one attached hydrogen (secondary N) is 4. The lowest BCUT2D eigenvalue weighted by Gasteiger charge is -2.23. The van der Waals surface area contributed by atoms with Crippen LogP contribution >= 0.6 is 0 Å². The minimum Gasteiger partial charge on any atom is -0.495 e. The summed E-state index contributed by atoms with van der Waals surface area (Å²) in [7, 11) is 1.53. The summed E-state index contributed by atoms with van der Waals surface area (Å²) >= 11 is 0. The molecule has 2 aromatic carbocycles. The maximum absolute atomic E-state index is 12.9. The number of carbonyl (C=O) groups is 2. The van der Waals surface area contributed by atoms with Gasteiger partial charge in [0.15, 0.2) is 0 Å². The fraction of sp³-hybridized carbons (Fsp3) is 0.182. The minimum absolute atomic E-state index is 0.0572. The molecule has 0 saturated carbocycles. The number of para-hydroxylation sites is 2. The van der Waals surface area contributed by atoms with E-state index >= 15 is 0 Å². The molecule has 4 rings (SSSR count). The Morgan fingerprint density at radius 3 is 2.74 bits per heavy atom. The number of benzene rings is 2. The molecule has 0 aliphatic carbocycles. The SMILES string of the molecule is COc1ccccc1Nc1nc2c(c(=O)[nH]1)[C@H](C(=O)Nc1cccc(C)c1)CC(=O)N2. The van der Waals surface area contributed by atoms with Crippen LogP contribution in [0.3, 0.4) is 0 Å². The molecule has 0 saturated heterocycles. The summed E-state index contributed by atoms with van der Waals surface area (Å²) in [6.45, 7) is 1.91. The number of aromatic nitrogens is 2. The van der Waals surface area contributed by atoms with E-state index in [4.69, 9.17) is 4.74 Å². The molecule has 2 amide bonds. The molecule has 0 spiro atoms. The second-order valence-electron chi connectivity index (χ2n) is 7.17. The van der Waals surface area contributed by atoms with E-state index in [0.717, 1.165) is 5.56 Å². The molecule has 1 atom stereocenters. The number of nitrogens with zero attached hydrogens (tertiary/aromatic N) is 1. The molecule has 9 heteroatoms. The third-order valence-electron chi connectivity index (χ3n) is 4.91. The van der Waals surface area contributed by atoms with Gasteiger partial charge >= 0.3 is 0 Å². The Morgan fingerprint density at radius 1 is 1.16 bits per heavy atom. The van der Waals surface area contributed by atoms with Crippen LogP contribution in [-0.4, -0.2) is 28.9 Å². The summed E-state index contributed by atoms with van der Waals surface area (Å²) in [4.78, 5) is 45.0. The number of aryl methyl sites for hydroxylation is 1. The number of hydrogen-bond donors (Lipinski definition) is 4. The number of H-pyrrole nitrogens is 1. The summed E-state index contributed by atoms with van der Waals surface area (Å²) in [5.41, 5.74) is 1.77. The number of rotatable bonds is 5. The van der Waals surface area contributed by atoms with Crippen molar-refractivity contribution in [3.8, 4) is 5.75 Å². The largest absolute Gasteiger partial charge is 0.495 e. The third-order valence-corrected chi connectivity index (χ3v) is 4.91. The molecule has 3 aromatic rings. The van der Waals surface area contributed by atoms with Crippen molar-refractivity contribution in [2.75, 3.05) is 23.1 Å². The predicted molar refractivity (Wildman–Crippen MR) is 117 cm³/mol. The molecule has 1 aliphatic rings. The lowest BCUT2D eigenvalue weighted by atomic mass is 9.92. The van der Waals surface area contributed by atoms with Gasteiger partial charge in [0.05, 0.1) is 24.3 Å². The van der Waals surface area contributed by atoms with Crippen LogP contribution in [0.4, 0.5) is 23.1 Å². The highest BCUT2D eigenvalue weighted by Crippen LogP contribution is 2.31. The van der Waals surface area contributed by atoms with Crippen molar-refractivity contribution < 1.29 is 14.3 Å². The Kier molecular flexibility index (Phi) is 5.40. The normalized spacial score (nSPS) is 14.9. The van der Waals surface area contributed by atoms with E-state index in [1.165, 1.54) is 7.11 Å². The van der Waals surface area contributed by atoms with Gasteiger partial charge in [-0.1, -0.05) is 24.3 Å². The van der Waals surface area contributed by atoms with Gasteiger partial charge in [-0.15, -0.1) is 0 Å². The van der Waals surface area contributed by atoms with Crippen LogP contribution in [0, 0.1) is 6.92 Å². The smallest absolute Gasteiger partial charge is 0.258 e. The molecule has 0 fully saturated rings. The first-order valence-electron chi connectivity index (χ1n) is 9.66. The lowest BCUT2D eigenvalue weighted by Crippen LogP contribution is -2.36. The van der Waals surface area contributed by atoms with Crippen LogP contribution in [0.25, 0.3) is 0 Å². The van der Waals surface area contributed by atoms with Crippen LogP contribution in [-0.2, 0) is 9.59 Å².